The van der Waals surface area contributed by atoms with Gasteiger partial charge in [-0.15, -0.1) is 11.8 Å². The van der Waals surface area contributed by atoms with E-state index in [1.807, 2.05) is 12.3 Å². The molecule has 10 nitrogen and oxygen atoms in total. The Kier molecular flexibility index (Phi) is 9.62. The van der Waals surface area contributed by atoms with E-state index in [2.05, 4.69) is 10.6 Å². The van der Waals surface area contributed by atoms with Gasteiger partial charge in [-0.1, -0.05) is 65.1 Å². The minimum atomic E-state index is -1.84. The SMILES string of the molecule is CC(OC(=O)NC(C(=O)NC1C(=O)N2C(C(=O)OCC(Cl)(Cl)Cl)C(C)(CSC#N)S[C@H]12)c1ccccc1)C1CC1. The Morgan fingerprint density at radius 2 is 1.95 bits per heavy atom. The largest absolute Gasteiger partial charge is 0.460 e. The summed E-state index contributed by atoms with van der Waals surface area (Å²) >= 11 is 19.4. The van der Waals surface area contributed by atoms with E-state index in [1.54, 1.807) is 37.3 Å². The molecule has 4 rings (SSSR count). The van der Waals surface area contributed by atoms with Gasteiger partial charge in [-0.3, -0.25) is 9.59 Å². The fourth-order valence-corrected chi connectivity index (χ4v) is 7.37. The quantitative estimate of drug-likeness (QED) is 0.167. The highest BCUT2D eigenvalue weighted by atomic mass is 35.6. The van der Waals surface area contributed by atoms with Crippen LogP contribution in [-0.4, -0.2) is 73.2 Å². The van der Waals surface area contributed by atoms with Crippen molar-refractivity contribution in [1.29, 1.82) is 5.26 Å². The van der Waals surface area contributed by atoms with Crippen LogP contribution in [0.1, 0.15) is 38.3 Å². The minimum absolute atomic E-state index is 0.196. The smallest absolute Gasteiger partial charge is 0.408 e. The molecular weight excluding hydrogens is 623 g/mol. The molecule has 1 aromatic rings. The monoisotopic (exact) mass is 648 g/mol. The van der Waals surface area contributed by atoms with Crippen molar-refractivity contribution < 1.29 is 28.7 Å². The Labute approximate surface area is 255 Å². The minimum Gasteiger partial charge on any atom is -0.460 e. The predicted octanol–water partition coefficient (Wildman–Crippen LogP) is 3.91. The number of nitrogens with one attached hydrogen (secondary N) is 2. The Morgan fingerprint density at radius 3 is 2.55 bits per heavy atom. The number of hydrogen-bond acceptors (Lipinski definition) is 9. The number of alkyl halides is 3. The second-order valence-electron chi connectivity index (χ2n) is 9.99. The van der Waals surface area contributed by atoms with Crippen molar-refractivity contribution in [3.8, 4) is 5.40 Å². The number of benzene rings is 1. The van der Waals surface area contributed by atoms with Crippen molar-refractivity contribution in [2.45, 2.75) is 64.8 Å². The third-order valence-corrected chi connectivity index (χ3v) is 9.91. The van der Waals surface area contributed by atoms with Gasteiger partial charge in [-0.2, -0.15) is 5.26 Å². The van der Waals surface area contributed by atoms with Gasteiger partial charge < -0.3 is 25.0 Å². The third-order valence-electron chi connectivity index (χ3n) is 6.88. The zero-order valence-electron chi connectivity index (χ0n) is 21.5. The first kappa shape index (κ1) is 30.9. The Morgan fingerprint density at radius 1 is 1.27 bits per heavy atom. The number of thiocyanates is 1. The first-order valence-electron chi connectivity index (χ1n) is 12.4. The highest BCUT2D eigenvalue weighted by Crippen LogP contribution is 2.52. The number of rotatable bonds is 10. The van der Waals surface area contributed by atoms with E-state index in [0.717, 1.165) is 24.6 Å². The lowest BCUT2D eigenvalue weighted by atomic mass is 9.95. The normalized spacial score (nSPS) is 26.9. The van der Waals surface area contributed by atoms with Crippen LogP contribution in [0.2, 0.25) is 0 Å². The number of carbonyl (C=O) groups is 4. The average Bonchev–Trinajstić information content (AvgIpc) is 3.72. The molecule has 40 heavy (non-hydrogen) atoms. The molecule has 0 spiro atoms. The number of hydrogen-bond donors (Lipinski definition) is 2. The fourth-order valence-electron chi connectivity index (χ4n) is 4.70. The summed E-state index contributed by atoms with van der Waals surface area (Å²) in [5.41, 5.74) is 0.502. The Bertz CT molecular complexity index is 1200. The van der Waals surface area contributed by atoms with Gasteiger partial charge in [0.1, 0.15) is 41.6 Å². The van der Waals surface area contributed by atoms with Crippen molar-refractivity contribution in [3.63, 3.8) is 0 Å². The molecule has 216 valence electrons. The van der Waals surface area contributed by atoms with Crippen molar-refractivity contribution in [1.82, 2.24) is 15.5 Å². The van der Waals surface area contributed by atoms with Crippen LogP contribution >= 0.6 is 58.3 Å². The zero-order chi connectivity index (χ0) is 29.2. The molecule has 3 aliphatic rings. The van der Waals surface area contributed by atoms with Crippen LogP contribution in [0.5, 0.6) is 0 Å². The number of nitrogens with zero attached hydrogens (tertiary/aromatic N) is 2. The van der Waals surface area contributed by atoms with Crippen LogP contribution in [-0.2, 0) is 23.9 Å². The van der Waals surface area contributed by atoms with Crippen molar-refractivity contribution >= 4 is 82.2 Å². The summed E-state index contributed by atoms with van der Waals surface area (Å²) in [6, 6.07) is 5.41. The van der Waals surface area contributed by atoms with E-state index < -0.39 is 62.5 Å². The summed E-state index contributed by atoms with van der Waals surface area (Å²) in [6.45, 7) is 3.02. The zero-order valence-corrected chi connectivity index (χ0v) is 25.4. The van der Waals surface area contributed by atoms with Gasteiger partial charge in [0.15, 0.2) is 0 Å². The van der Waals surface area contributed by atoms with E-state index in [9.17, 15) is 19.2 Å². The molecule has 3 fully saturated rings. The number of esters is 1. The maximum atomic E-state index is 13.5. The van der Waals surface area contributed by atoms with Gasteiger partial charge in [-0.05, 0) is 49.9 Å². The maximum absolute atomic E-state index is 13.5. The summed E-state index contributed by atoms with van der Waals surface area (Å²) in [4.78, 5) is 53.8. The van der Waals surface area contributed by atoms with Crippen LogP contribution in [0, 0.1) is 16.6 Å². The second kappa shape index (κ2) is 12.4. The van der Waals surface area contributed by atoms with Crippen LogP contribution in [0.15, 0.2) is 30.3 Å². The lowest BCUT2D eigenvalue weighted by Gasteiger charge is -2.44. The van der Waals surface area contributed by atoms with Gasteiger partial charge in [0, 0.05) is 5.75 Å². The fraction of sp³-hybridized carbons (Fsp3) is 0.560. The average molecular weight is 650 g/mol. The number of amides is 3. The summed E-state index contributed by atoms with van der Waals surface area (Å²) in [5.74, 6) is -1.39. The molecule has 15 heteroatoms. The summed E-state index contributed by atoms with van der Waals surface area (Å²) in [6.07, 6.45) is 0.957. The number of ether oxygens (including phenoxy) is 2. The van der Waals surface area contributed by atoms with E-state index in [-0.39, 0.29) is 11.9 Å². The molecule has 3 amide bonds. The molecule has 6 atom stereocenters. The first-order chi connectivity index (χ1) is 18.8. The number of β-lactam (4-membered cyclic amide) rings is 1. The molecule has 0 bridgehead atoms. The van der Waals surface area contributed by atoms with Crippen LogP contribution in [0.25, 0.3) is 0 Å². The molecule has 1 aromatic carbocycles. The predicted molar refractivity (Wildman–Crippen MR) is 153 cm³/mol. The first-order valence-corrected chi connectivity index (χ1v) is 15.4. The molecule has 2 N–H and O–H groups in total. The standard InChI is InChI=1S/C25H27Cl3N4O6S2/c1-13(14-8-9-14)38-23(36)31-16(15-6-4-3-5-7-15)19(33)30-17-20(34)32-18(22(35)37-10-25(26,27)28)24(2,11-39-12-29)40-21(17)32/h3-7,13-14,16-18,21H,8-11H2,1-2H3,(H,30,33)(H,31,36)/t13?,16?,17?,18?,21-,24?/m1/s1. The molecule has 2 heterocycles. The van der Waals surface area contributed by atoms with Crippen molar-refractivity contribution in [2.75, 3.05) is 12.4 Å². The lowest BCUT2D eigenvalue weighted by Crippen LogP contribution is -2.71. The molecule has 1 saturated carbocycles. The summed E-state index contributed by atoms with van der Waals surface area (Å²) < 4.78 is 7.87. The highest BCUT2D eigenvalue weighted by Gasteiger charge is 2.66. The van der Waals surface area contributed by atoms with E-state index >= 15 is 0 Å². The van der Waals surface area contributed by atoms with E-state index in [1.165, 1.54) is 16.7 Å². The van der Waals surface area contributed by atoms with Gasteiger partial charge in [0.05, 0.1) is 4.75 Å². The number of carbonyl (C=O) groups excluding carboxylic acids is 4. The molecule has 5 unspecified atom stereocenters. The number of fused-ring (bicyclic) bond motifs is 1. The molecule has 2 aliphatic heterocycles. The van der Waals surface area contributed by atoms with E-state index in [4.69, 9.17) is 49.5 Å². The summed E-state index contributed by atoms with van der Waals surface area (Å²) in [5, 5.41) is 15.8. The van der Waals surface area contributed by atoms with Crippen molar-refractivity contribution in [2.24, 2.45) is 5.92 Å². The third kappa shape index (κ3) is 7.05. The second-order valence-corrected chi connectivity index (χ2v) is 14.9. The number of alkyl carbamates (subject to hydrolysis) is 1. The highest BCUT2D eigenvalue weighted by molar-refractivity contribution is 8.06. The van der Waals surface area contributed by atoms with Crippen LogP contribution < -0.4 is 10.6 Å². The van der Waals surface area contributed by atoms with Gasteiger partial charge >= 0.3 is 12.1 Å². The van der Waals surface area contributed by atoms with Gasteiger partial charge in [0.25, 0.3) is 0 Å². The molecule has 0 radical (unpaired) electrons. The van der Waals surface area contributed by atoms with Gasteiger partial charge in [0.2, 0.25) is 15.6 Å². The molecule has 2 saturated heterocycles. The maximum Gasteiger partial charge on any atom is 0.408 e. The van der Waals surface area contributed by atoms with Gasteiger partial charge in [-0.25, -0.2) is 9.59 Å². The number of thioether (sulfide) groups is 2. The van der Waals surface area contributed by atoms with E-state index in [0.29, 0.717) is 11.5 Å². The Hall–Kier alpha value is -2.04. The number of nitriles is 1. The lowest BCUT2D eigenvalue weighted by molar-refractivity contribution is -0.164. The molecular formula is C25H27Cl3N4O6S2. The van der Waals surface area contributed by atoms with Crippen LogP contribution in [0.3, 0.4) is 0 Å². The summed E-state index contributed by atoms with van der Waals surface area (Å²) in [7, 11) is 0. The molecule has 1 aliphatic carbocycles. The topological polar surface area (TPSA) is 138 Å². The molecule has 0 aromatic heterocycles. The van der Waals surface area contributed by atoms with Crippen LogP contribution in [0.4, 0.5) is 4.79 Å². The number of halogens is 3. The Balaban J connectivity index is 1.49. The van der Waals surface area contributed by atoms with Crippen molar-refractivity contribution in [3.05, 3.63) is 35.9 Å².